The van der Waals surface area contributed by atoms with Crippen molar-refractivity contribution in [3.63, 3.8) is 0 Å². The lowest BCUT2D eigenvalue weighted by Gasteiger charge is -2.08. The molecule has 0 fully saturated rings. The molecule has 0 spiro atoms. The van der Waals surface area contributed by atoms with E-state index in [-0.39, 0.29) is 0 Å². The Bertz CT molecular complexity index is 1090. The molecule has 0 saturated carbocycles. The summed E-state index contributed by atoms with van der Waals surface area (Å²) in [5, 5.41) is 1.22. The van der Waals surface area contributed by atoms with E-state index in [1.165, 1.54) is 22.3 Å². The Balaban J connectivity index is 1.37. The molecule has 4 aromatic rings. The summed E-state index contributed by atoms with van der Waals surface area (Å²) in [7, 11) is 0. The zero-order chi connectivity index (χ0) is 21.8. The number of hydrogen-bond acceptors (Lipinski definition) is 2. The number of benzene rings is 4. The van der Waals surface area contributed by atoms with E-state index in [4.69, 9.17) is 34.7 Å². The van der Waals surface area contributed by atoms with Crippen molar-refractivity contribution in [3.8, 4) is 0 Å². The van der Waals surface area contributed by atoms with Crippen molar-refractivity contribution in [1.82, 2.24) is 0 Å². The van der Waals surface area contributed by atoms with Crippen molar-refractivity contribution in [2.45, 2.75) is 19.3 Å². The van der Waals surface area contributed by atoms with Gasteiger partial charge in [-0.1, -0.05) is 83.9 Å². The molecule has 4 N–H and O–H groups in total. The third-order valence-corrected chi connectivity index (χ3v) is 6.06. The first-order chi connectivity index (χ1) is 15.0. The second-order valence-corrected chi connectivity index (χ2v) is 8.69. The fraction of sp³-hybridized carbons (Fsp3) is 0.111. The van der Waals surface area contributed by atoms with Crippen LogP contribution in [0.15, 0.2) is 84.9 Å². The lowest BCUT2D eigenvalue weighted by molar-refractivity contribution is 1.14. The van der Waals surface area contributed by atoms with Crippen LogP contribution in [0, 0.1) is 0 Å². The number of halogens is 2. The highest BCUT2D eigenvalue weighted by molar-refractivity contribution is 6.33. The zero-order valence-electron chi connectivity index (χ0n) is 17.1. The Morgan fingerprint density at radius 3 is 0.968 bits per heavy atom. The van der Waals surface area contributed by atoms with Crippen LogP contribution >= 0.6 is 23.2 Å². The maximum atomic E-state index is 6.13. The van der Waals surface area contributed by atoms with Crippen molar-refractivity contribution in [3.05, 3.63) is 128 Å². The Morgan fingerprint density at radius 1 is 0.419 bits per heavy atom. The fourth-order valence-corrected chi connectivity index (χ4v) is 4.02. The summed E-state index contributed by atoms with van der Waals surface area (Å²) in [6.07, 6.45) is 2.58. The summed E-state index contributed by atoms with van der Waals surface area (Å²) >= 11 is 12.3. The van der Waals surface area contributed by atoms with Crippen LogP contribution in [0.2, 0.25) is 10.0 Å². The number of nitrogens with two attached hydrogens (primary N) is 2. The molecule has 4 aromatic carbocycles. The molecular weight excluding hydrogens is 423 g/mol. The number of nitrogen functional groups attached to an aromatic ring is 2. The first-order valence-electron chi connectivity index (χ1n) is 10.2. The standard InChI is InChI=1S/C27H24Cl2N2/c28-24-16-22(9-11-26(24)30)14-20-5-1-18(2-6-20)13-19-3-7-21(8-4-19)15-23-10-12-27(31)25(29)17-23/h1-12,16-17H,13-15,30-31H2. The van der Waals surface area contributed by atoms with Gasteiger partial charge in [0.15, 0.2) is 0 Å². The molecule has 0 aliphatic carbocycles. The maximum absolute atomic E-state index is 6.13. The molecule has 0 amide bonds. The Labute approximate surface area is 193 Å². The largest absolute Gasteiger partial charge is 0.398 e. The highest BCUT2D eigenvalue weighted by Gasteiger charge is 2.04. The van der Waals surface area contributed by atoms with Crippen LogP contribution < -0.4 is 11.5 Å². The van der Waals surface area contributed by atoms with Crippen LogP contribution in [0.5, 0.6) is 0 Å². The highest BCUT2D eigenvalue weighted by Crippen LogP contribution is 2.23. The van der Waals surface area contributed by atoms with Gasteiger partial charge in [0.25, 0.3) is 0 Å². The molecule has 0 radical (unpaired) electrons. The van der Waals surface area contributed by atoms with E-state index in [2.05, 4.69) is 48.5 Å². The summed E-state index contributed by atoms with van der Waals surface area (Å²) in [6.45, 7) is 0. The molecule has 0 aliphatic rings. The van der Waals surface area contributed by atoms with E-state index in [0.29, 0.717) is 21.4 Å². The van der Waals surface area contributed by atoms with Crippen molar-refractivity contribution in [2.75, 3.05) is 11.5 Å². The van der Waals surface area contributed by atoms with Crippen LogP contribution in [0.3, 0.4) is 0 Å². The lowest BCUT2D eigenvalue weighted by atomic mass is 9.98. The van der Waals surface area contributed by atoms with Gasteiger partial charge in [0, 0.05) is 0 Å². The zero-order valence-corrected chi connectivity index (χ0v) is 18.6. The van der Waals surface area contributed by atoms with Crippen LogP contribution in [0.1, 0.15) is 33.4 Å². The minimum atomic E-state index is 0.608. The van der Waals surface area contributed by atoms with Crippen LogP contribution in [0.25, 0.3) is 0 Å². The number of anilines is 2. The molecule has 2 nitrogen and oxygen atoms in total. The first kappa shape index (κ1) is 21.3. The van der Waals surface area contributed by atoms with E-state index in [1.807, 2.05) is 36.4 Å². The van der Waals surface area contributed by atoms with Crippen LogP contribution in [-0.4, -0.2) is 0 Å². The van der Waals surface area contributed by atoms with Crippen LogP contribution in [0.4, 0.5) is 11.4 Å². The molecule has 31 heavy (non-hydrogen) atoms. The molecule has 0 saturated heterocycles. The van der Waals surface area contributed by atoms with Gasteiger partial charge in [-0.05, 0) is 76.9 Å². The molecule has 0 aromatic heterocycles. The number of rotatable bonds is 6. The van der Waals surface area contributed by atoms with E-state index >= 15 is 0 Å². The Kier molecular flexibility index (Phi) is 6.50. The van der Waals surface area contributed by atoms with E-state index < -0.39 is 0 Å². The van der Waals surface area contributed by atoms with E-state index in [1.54, 1.807) is 0 Å². The molecule has 0 aliphatic heterocycles. The Hall–Kier alpha value is -2.94. The second kappa shape index (κ2) is 9.47. The first-order valence-corrected chi connectivity index (χ1v) is 11.0. The average molecular weight is 447 g/mol. The number of hydrogen-bond donors (Lipinski definition) is 2. The summed E-state index contributed by atoms with van der Waals surface area (Å²) in [5.41, 5.74) is 20.2. The van der Waals surface area contributed by atoms with Gasteiger partial charge in [0.1, 0.15) is 0 Å². The smallest absolute Gasteiger partial charge is 0.0638 e. The molecule has 0 unspecified atom stereocenters. The molecular formula is C27H24Cl2N2. The van der Waals surface area contributed by atoms with Gasteiger partial charge in [-0.25, -0.2) is 0 Å². The highest BCUT2D eigenvalue weighted by atomic mass is 35.5. The Morgan fingerprint density at radius 2 is 0.677 bits per heavy atom. The monoisotopic (exact) mass is 446 g/mol. The van der Waals surface area contributed by atoms with Gasteiger partial charge in [-0.3, -0.25) is 0 Å². The fourth-order valence-electron chi connectivity index (χ4n) is 3.62. The molecule has 0 heterocycles. The molecule has 0 bridgehead atoms. The van der Waals surface area contributed by atoms with E-state index in [9.17, 15) is 0 Å². The van der Waals surface area contributed by atoms with Crippen molar-refractivity contribution < 1.29 is 0 Å². The van der Waals surface area contributed by atoms with Crippen molar-refractivity contribution in [2.24, 2.45) is 0 Å². The SMILES string of the molecule is Nc1ccc(Cc2ccc(Cc3ccc(Cc4ccc(N)c(Cl)c4)cc3)cc2)cc1Cl. The van der Waals surface area contributed by atoms with Gasteiger partial charge < -0.3 is 11.5 Å². The van der Waals surface area contributed by atoms with Gasteiger partial charge >= 0.3 is 0 Å². The minimum absolute atomic E-state index is 0.608. The predicted molar refractivity (Wildman–Crippen MR) is 133 cm³/mol. The average Bonchev–Trinajstić information content (AvgIpc) is 2.76. The topological polar surface area (TPSA) is 52.0 Å². The van der Waals surface area contributed by atoms with Gasteiger partial charge in [0.2, 0.25) is 0 Å². The normalized spacial score (nSPS) is 10.9. The van der Waals surface area contributed by atoms with Crippen molar-refractivity contribution >= 4 is 34.6 Å². The minimum Gasteiger partial charge on any atom is -0.398 e. The third kappa shape index (κ3) is 5.61. The third-order valence-electron chi connectivity index (χ3n) is 5.40. The molecule has 0 atom stereocenters. The molecule has 4 heteroatoms. The van der Waals surface area contributed by atoms with E-state index in [0.717, 1.165) is 30.4 Å². The second-order valence-electron chi connectivity index (χ2n) is 7.88. The van der Waals surface area contributed by atoms with Gasteiger partial charge in [-0.2, -0.15) is 0 Å². The summed E-state index contributed by atoms with van der Waals surface area (Å²) in [4.78, 5) is 0. The summed E-state index contributed by atoms with van der Waals surface area (Å²) < 4.78 is 0. The lowest BCUT2D eigenvalue weighted by Crippen LogP contribution is -1.94. The molecule has 4 rings (SSSR count). The predicted octanol–water partition coefficient (Wildman–Crippen LogP) is 6.93. The summed E-state index contributed by atoms with van der Waals surface area (Å²) in [6, 6.07) is 29.1. The van der Waals surface area contributed by atoms with Gasteiger partial charge in [0.05, 0.1) is 21.4 Å². The van der Waals surface area contributed by atoms with Gasteiger partial charge in [-0.15, -0.1) is 0 Å². The quantitative estimate of drug-likeness (QED) is 0.315. The molecule has 156 valence electrons. The van der Waals surface area contributed by atoms with Crippen molar-refractivity contribution in [1.29, 1.82) is 0 Å². The summed E-state index contributed by atoms with van der Waals surface area (Å²) in [5.74, 6) is 0. The maximum Gasteiger partial charge on any atom is 0.0638 e. The van der Waals surface area contributed by atoms with Crippen LogP contribution in [-0.2, 0) is 19.3 Å².